The van der Waals surface area contributed by atoms with E-state index in [2.05, 4.69) is 31.4 Å². The molecule has 0 bridgehead atoms. The van der Waals surface area contributed by atoms with Gasteiger partial charge < -0.3 is 5.73 Å². The third kappa shape index (κ3) is 3.49. The standard InChI is InChI=1S/C11H19NS/c1-3-5-9(2)11(12)8-10-6-4-7-13-10/h4,6-7,9,11H,3,5,8,12H2,1-2H3. The number of thiophene rings is 1. The van der Waals surface area contributed by atoms with Gasteiger partial charge in [0.1, 0.15) is 0 Å². The van der Waals surface area contributed by atoms with Gasteiger partial charge in [-0.05, 0) is 30.2 Å². The summed E-state index contributed by atoms with van der Waals surface area (Å²) in [6.07, 6.45) is 3.52. The first-order chi connectivity index (χ1) is 6.24. The quantitative estimate of drug-likeness (QED) is 0.771. The van der Waals surface area contributed by atoms with Gasteiger partial charge in [0, 0.05) is 10.9 Å². The first kappa shape index (κ1) is 10.7. The summed E-state index contributed by atoms with van der Waals surface area (Å²) in [5.41, 5.74) is 6.10. The highest BCUT2D eigenvalue weighted by atomic mass is 32.1. The first-order valence-electron chi connectivity index (χ1n) is 5.02. The van der Waals surface area contributed by atoms with E-state index in [0.717, 1.165) is 6.42 Å². The zero-order valence-electron chi connectivity index (χ0n) is 8.49. The van der Waals surface area contributed by atoms with Crippen molar-refractivity contribution in [3.63, 3.8) is 0 Å². The molecule has 1 heterocycles. The average Bonchev–Trinajstić information content (AvgIpc) is 2.57. The zero-order chi connectivity index (χ0) is 9.68. The molecule has 1 nitrogen and oxygen atoms in total. The molecular formula is C11H19NS. The molecule has 0 fully saturated rings. The van der Waals surface area contributed by atoms with E-state index in [9.17, 15) is 0 Å². The molecule has 74 valence electrons. The van der Waals surface area contributed by atoms with Crippen LogP contribution in [-0.2, 0) is 6.42 Å². The van der Waals surface area contributed by atoms with Gasteiger partial charge >= 0.3 is 0 Å². The molecule has 0 aliphatic rings. The average molecular weight is 197 g/mol. The van der Waals surface area contributed by atoms with Crippen LogP contribution in [0.4, 0.5) is 0 Å². The van der Waals surface area contributed by atoms with Gasteiger partial charge in [-0.25, -0.2) is 0 Å². The van der Waals surface area contributed by atoms with E-state index in [1.807, 2.05) is 0 Å². The summed E-state index contributed by atoms with van der Waals surface area (Å²) in [6, 6.07) is 4.60. The lowest BCUT2D eigenvalue weighted by Gasteiger charge is -2.18. The van der Waals surface area contributed by atoms with Crippen molar-refractivity contribution in [2.24, 2.45) is 11.7 Å². The molecule has 1 aromatic rings. The van der Waals surface area contributed by atoms with Crippen LogP contribution in [0.5, 0.6) is 0 Å². The molecule has 0 saturated heterocycles. The Bertz CT molecular complexity index is 218. The van der Waals surface area contributed by atoms with Gasteiger partial charge in [-0.1, -0.05) is 26.3 Å². The summed E-state index contributed by atoms with van der Waals surface area (Å²) in [7, 11) is 0. The second-order valence-electron chi connectivity index (χ2n) is 3.71. The molecule has 0 amide bonds. The molecule has 0 aliphatic carbocycles. The molecule has 0 aliphatic heterocycles. The molecule has 0 spiro atoms. The van der Waals surface area contributed by atoms with E-state index >= 15 is 0 Å². The second kappa shape index (κ2) is 5.40. The summed E-state index contributed by atoms with van der Waals surface area (Å²) >= 11 is 1.81. The maximum atomic E-state index is 6.10. The monoisotopic (exact) mass is 197 g/mol. The maximum absolute atomic E-state index is 6.10. The molecule has 2 N–H and O–H groups in total. The molecule has 1 aromatic heterocycles. The van der Waals surface area contributed by atoms with Crippen LogP contribution in [0.1, 0.15) is 31.6 Å². The Morgan fingerprint density at radius 2 is 2.31 bits per heavy atom. The Labute approximate surface area is 85.0 Å². The van der Waals surface area contributed by atoms with Crippen molar-refractivity contribution >= 4 is 11.3 Å². The lowest BCUT2D eigenvalue weighted by molar-refractivity contribution is 0.421. The molecule has 2 atom stereocenters. The fraction of sp³-hybridized carbons (Fsp3) is 0.636. The van der Waals surface area contributed by atoms with Crippen molar-refractivity contribution in [3.05, 3.63) is 22.4 Å². The summed E-state index contributed by atoms with van der Waals surface area (Å²) in [5.74, 6) is 0.645. The zero-order valence-corrected chi connectivity index (χ0v) is 9.31. The molecule has 2 heteroatoms. The van der Waals surface area contributed by atoms with E-state index < -0.39 is 0 Å². The summed E-state index contributed by atoms with van der Waals surface area (Å²) in [4.78, 5) is 1.41. The van der Waals surface area contributed by atoms with Crippen molar-refractivity contribution in [1.82, 2.24) is 0 Å². The predicted molar refractivity (Wildman–Crippen MR) is 60.1 cm³/mol. The molecule has 2 unspecified atom stereocenters. The van der Waals surface area contributed by atoms with Crippen LogP contribution in [-0.4, -0.2) is 6.04 Å². The fourth-order valence-corrected chi connectivity index (χ4v) is 2.31. The highest BCUT2D eigenvalue weighted by Gasteiger charge is 2.12. The summed E-state index contributed by atoms with van der Waals surface area (Å²) < 4.78 is 0. The van der Waals surface area contributed by atoms with Crippen LogP contribution >= 0.6 is 11.3 Å². The normalized spacial score (nSPS) is 15.6. The van der Waals surface area contributed by atoms with Gasteiger partial charge in [0.15, 0.2) is 0 Å². The Kier molecular flexibility index (Phi) is 4.46. The number of hydrogen-bond donors (Lipinski definition) is 1. The number of nitrogens with two attached hydrogens (primary N) is 1. The van der Waals surface area contributed by atoms with E-state index in [1.165, 1.54) is 17.7 Å². The van der Waals surface area contributed by atoms with Gasteiger partial charge in [-0.15, -0.1) is 11.3 Å². The van der Waals surface area contributed by atoms with Crippen molar-refractivity contribution in [3.8, 4) is 0 Å². The van der Waals surface area contributed by atoms with E-state index in [4.69, 9.17) is 5.73 Å². The Hall–Kier alpha value is -0.340. The molecule has 0 saturated carbocycles. The molecule has 0 radical (unpaired) electrons. The van der Waals surface area contributed by atoms with E-state index in [-0.39, 0.29) is 0 Å². The Balaban J connectivity index is 2.36. The topological polar surface area (TPSA) is 26.0 Å². The first-order valence-corrected chi connectivity index (χ1v) is 5.90. The van der Waals surface area contributed by atoms with E-state index in [0.29, 0.717) is 12.0 Å². The minimum atomic E-state index is 0.332. The minimum absolute atomic E-state index is 0.332. The van der Waals surface area contributed by atoms with Gasteiger partial charge in [-0.3, -0.25) is 0 Å². The number of rotatable bonds is 5. The van der Waals surface area contributed by atoms with Crippen molar-refractivity contribution in [1.29, 1.82) is 0 Å². The summed E-state index contributed by atoms with van der Waals surface area (Å²) in [5, 5.41) is 2.12. The lowest BCUT2D eigenvalue weighted by atomic mass is 9.95. The van der Waals surface area contributed by atoms with Crippen LogP contribution in [0.15, 0.2) is 17.5 Å². The van der Waals surface area contributed by atoms with Crippen molar-refractivity contribution in [2.75, 3.05) is 0 Å². The van der Waals surface area contributed by atoms with Gasteiger partial charge in [0.25, 0.3) is 0 Å². The maximum Gasteiger partial charge on any atom is 0.0113 e. The SMILES string of the molecule is CCCC(C)C(N)Cc1cccs1. The van der Waals surface area contributed by atoms with Crippen molar-refractivity contribution in [2.45, 2.75) is 39.2 Å². The predicted octanol–water partition coefficient (Wildman–Crippen LogP) is 3.05. The van der Waals surface area contributed by atoms with Crippen LogP contribution < -0.4 is 5.73 Å². The smallest absolute Gasteiger partial charge is 0.0113 e. The third-order valence-electron chi connectivity index (χ3n) is 2.49. The lowest BCUT2D eigenvalue weighted by Crippen LogP contribution is -2.30. The van der Waals surface area contributed by atoms with Crippen LogP contribution in [0.2, 0.25) is 0 Å². The summed E-state index contributed by atoms with van der Waals surface area (Å²) in [6.45, 7) is 4.47. The molecule has 0 aromatic carbocycles. The highest BCUT2D eigenvalue weighted by molar-refractivity contribution is 7.09. The van der Waals surface area contributed by atoms with Gasteiger partial charge in [0.05, 0.1) is 0 Å². The van der Waals surface area contributed by atoms with Gasteiger partial charge in [-0.2, -0.15) is 0 Å². The fourth-order valence-electron chi connectivity index (χ4n) is 1.53. The van der Waals surface area contributed by atoms with Crippen LogP contribution in [0.25, 0.3) is 0 Å². The van der Waals surface area contributed by atoms with Crippen LogP contribution in [0, 0.1) is 5.92 Å². The second-order valence-corrected chi connectivity index (χ2v) is 4.75. The largest absolute Gasteiger partial charge is 0.327 e. The number of hydrogen-bond acceptors (Lipinski definition) is 2. The Morgan fingerprint density at radius 3 is 2.85 bits per heavy atom. The van der Waals surface area contributed by atoms with Crippen LogP contribution in [0.3, 0.4) is 0 Å². The molecule has 13 heavy (non-hydrogen) atoms. The van der Waals surface area contributed by atoms with Gasteiger partial charge in [0.2, 0.25) is 0 Å². The minimum Gasteiger partial charge on any atom is -0.327 e. The van der Waals surface area contributed by atoms with E-state index in [1.54, 1.807) is 11.3 Å². The molecule has 1 rings (SSSR count). The third-order valence-corrected chi connectivity index (χ3v) is 3.39. The Morgan fingerprint density at radius 1 is 1.54 bits per heavy atom. The highest BCUT2D eigenvalue weighted by Crippen LogP contribution is 2.16. The molecular weight excluding hydrogens is 178 g/mol. The van der Waals surface area contributed by atoms with Crippen molar-refractivity contribution < 1.29 is 0 Å².